The highest BCUT2D eigenvalue weighted by Gasteiger charge is 2.18. The molecule has 112 valence electrons. The fraction of sp³-hybridized carbons (Fsp3) is 0. The van der Waals surface area contributed by atoms with Crippen LogP contribution in [-0.4, -0.2) is 22.2 Å². The Morgan fingerprint density at radius 1 is 0.909 bits per heavy atom. The zero-order valence-corrected chi connectivity index (χ0v) is 12.6. The highest BCUT2D eigenvalue weighted by molar-refractivity contribution is 6.42. The van der Waals surface area contributed by atoms with Crippen LogP contribution in [0.25, 0.3) is 11.6 Å². The number of aliphatic carboxylic acids is 1. The van der Waals surface area contributed by atoms with Crippen molar-refractivity contribution < 1.29 is 19.8 Å². The van der Waals surface area contributed by atoms with Crippen LogP contribution in [0.5, 0.6) is 0 Å². The first kappa shape index (κ1) is 16.1. The van der Waals surface area contributed by atoms with Crippen molar-refractivity contribution >= 4 is 46.8 Å². The van der Waals surface area contributed by atoms with Crippen molar-refractivity contribution in [2.24, 2.45) is 0 Å². The van der Waals surface area contributed by atoms with E-state index in [-0.39, 0.29) is 21.7 Å². The largest absolute Gasteiger partial charge is 0.478 e. The second kappa shape index (κ2) is 6.64. The lowest BCUT2D eigenvalue weighted by molar-refractivity contribution is -0.130. The number of rotatable bonds is 4. The van der Waals surface area contributed by atoms with Crippen LogP contribution in [0.15, 0.2) is 42.5 Å². The van der Waals surface area contributed by atoms with Gasteiger partial charge in [-0.05, 0) is 29.8 Å². The third kappa shape index (κ3) is 3.47. The normalized spacial score (nSPS) is 11.3. The summed E-state index contributed by atoms with van der Waals surface area (Å²) in [5.74, 6) is -2.43. The van der Waals surface area contributed by atoms with Crippen LogP contribution < -0.4 is 0 Å². The number of aromatic carboxylic acids is 1. The second-order valence-electron chi connectivity index (χ2n) is 4.39. The molecule has 2 aromatic carbocycles. The molecule has 0 amide bonds. The Balaban J connectivity index is 2.60. The van der Waals surface area contributed by atoms with Crippen LogP contribution in [0.4, 0.5) is 0 Å². The molecule has 0 radical (unpaired) electrons. The summed E-state index contributed by atoms with van der Waals surface area (Å²) in [6.45, 7) is 0. The predicted octanol–water partition coefficient (Wildman–Crippen LogP) is 4.32. The zero-order valence-electron chi connectivity index (χ0n) is 11.1. The maximum absolute atomic E-state index is 11.5. The lowest BCUT2D eigenvalue weighted by atomic mass is 9.97. The summed E-state index contributed by atoms with van der Waals surface area (Å²) < 4.78 is 0. The second-order valence-corrected chi connectivity index (χ2v) is 5.20. The van der Waals surface area contributed by atoms with Gasteiger partial charge in [0.1, 0.15) is 0 Å². The van der Waals surface area contributed by atoms with Crippen molar-refractivity contribution in [2.45, 2.75) is 0 Å². The highest BCUT2D eigenvalue weighted by atomic mass is 35.5. The van der Waals surface area contributed by atoms with E-state index < -0.39 is 11.9 Å². The van der Waals surface area contributed by atoms with Crippen LogP contribution in [0.2, 0.25) is 10.0 Å². The number of benzene rings is 2. The predicted molar refractivity (Wildman–Crippen MR) is 85.4 cm³/mol. The molecule has 0 bridgehead atoms. The lowest BCUT2D eigenvalue weighted by Gasteiger charge is -2.07. The molecule has 0 aliphatic heterocycles. The third-order valence-corrected chi connectivity index (χ3v) is 3.67. The number of hydrogen-bond acceptors (Lipinski definition) is 2. The van der Waals surface area contributed by atoms with Gasteiger partial charge in [0.2, 0.25) is 0 Å². The Morgan fingerprint density at radius 2 is 1.55 bits per heavy atom. The summed E-state index contributed by atoms with van der Waals surface area (Å²) in [7, 11) is 0. The van der Waals surface area contributed by atoms with Crippen LogP contribution >= 0.6 is 23.2 Å². The van der Waals surface area contributed by atoms with Crippen LogP contribution in [-0.2, 0) is 4.79 Å². The number of halogens is 2. The van der Waals surface area contributed by atoms with Gasteiger partial charge in [0.05, 0.1) is 21.2 Å². The standard InChI is InChI=1S/C16H10Cl2O4/c17-13-6-5-9(8-14(13)18)7-12(16(21)22)10-3-1-2-4-11(10)15(19)20/h1-8H,(H,19,20)(H,21,22)/b12-7+. The van der Waals surface area contributed by atoms with E-state index in [1.54, 1.807) is 12.1 Å². The molecule has 0 saturated carbocycles. The average Bonchev–Trinajstić information content (AvgIpc) is 2.48. The number of carboxylic acids is 2. The minimum atomic E-state index is -1.24. The quantitative estimate of drug-likeness (QED) is 0.644. The van der Waals surface area contributed by atoms with E-state index in [0.29, 0.717) is 10.6 Å². The van der Waals surface area contributed by atoms with Crippen LogP contribution in [0.1, 0.15) is 21.5 Å². The molecule has 0 saturated heterocycles. The molecule has 0 aliphatic carbocycles. The Labute approximate surface area is 136 Å². The van der Waals surface area contributed by atoms with Crippen LogP contribution in [0.3, 0.4) is 0 Å². The van der Waals surface area contributed by atoms with E-state index in [9.17, 15) is 19.8 Å². The van der Waals surface area contributed by atoms with Gasteiger partial charge in [-0.15, -0.1) is 0 Å². The average molecular weight is 337 g/mol. The summed E-state index contributed by atoms with van der Waals surface area (Å²) in [6, 6.07) is 10.6. The zero-order chi connectivity index (χ0) is 16.3. The summed E-state index contributed by atoms with van der Waals surface area (Å²) in [6.07, 6.45) is 1.35. The summed E-state index contributed by atoms with van der Waals surface area (Å²) in [5.41, 5.74) is 0.396. The molecule has 2 N–H and O–H groups in total. The van der Waals surface area contributed by atoms with Crippen molar-refractivity contribution in [3.8, 4) is 0 Å². The van der Waals surface area contributed by atoms with E-state index in [1.807, 2.05) is 0 Å². The SMILES string of the molecule is O=C(O)/C(=C/c1ccc(Cl)c(Cl)c1)c1ccccc1C(=O)O. The molecule has 0 spiro atoms. The van der Waals surface area contributed by atoms with Crippen molar-refractivity contribution in [1.29, 1.82) is 0 Å². The summed E-state index contributed by atoms with van der Waals surface area (Å²) in [5, 5.41) is 19.2. The topological polar surface area (TPSA) is 74.6 Å². The van der Waals surface area contributed by atoms with Gasteiger partial charge >= 0.3 is 11.9 Å². The Hall–Kier alpha value is -2.30. The maximum Gasteiger partial charge on any atom is 0.336 e. The minimum Gasteiger partial charge on any atom is -0.478 e. The first-order chi connectivity index (χ1) is 10.4. The van der Waals surface area contributed by atoms with E-state index in [0.717, 1.165) is 0 Å². The van der Waals surface area contributed by atoms with Crippen molar-refractivity contribution in [1.82, 2.24) is 0 Å². The smallest absolute Gasteiger partial charge is 0.336 e. The Kier molecular flexibility index (Phi) is 4.85. The first-order valence-corrected chi connectivity index (χ1v) is 6.88. The maximum atomic E-state index is 11.5. The van der Waals surface area contributed by atoms with Gasteiger partial charge in [-0.3, -0.25) is 0 Å². The molecular formula is C16H10Cl2O4. The molecule has 22 heavy (non-hydrogen) atoms. The van der Waals surface area contributed by atoms with Gasteiger partial charge in [-0.2, -0.15) is 0 Å². The summed E-state index contributed by atoms with van der Waals surface area (Å²) in [4.78, 5) is 22.8. The molecule has 0 fully saturated rings. The molecule has 0 aliphatic rings. The fourth-order valence-electron chi connectivity index (χ4n) is 1.93. The molecule has 0 heterocycles. The van der Waals surface area contributed by atoms with Gasteiger partial charge in [-0.1, -0.05) is 47.5 Å². The number of hydrogen-bond donors (Lipinski definition) is 2. The fourth-order valence-corrected chi connectivity index (χ4v) is 2.23. The minimum absolute atomic E-state index is 0.0868. The number of carbonyl (C=O) groups is 2. The van der Waals surface area contributed by atoms with E-state index in [1.165, 1.54) is 36.4 Å². The van der Waals surface area contributed by atoms with Gasteiger partial charge in [0, 0.05) is 5.56 Å². The molecular weight excluding hydrogens is 327 g/mol. The molecule has 6 heteroatoms. The van der Waals surface area contributed by atoms with E-state index in [4.69, 9.17) is 23.2 Å². The lowest BCUT2D eigenvalue weighted by Crippen LogP contribution is -2.07. The van der Waals surface area contributed by atoms with Crippen molar-refractivity contribution in [3.63, 3.8) is 0 Å². The monoisotopic (exact) mass is 336 g/mol. The molecule has 0 unspecified atom stereocenters. The summed E-state index contributed by atoms with van der Waals surface area (Å²) >= 11 is 11.7. The van der Waals surface area contributed by atoms with Gasteiger partial charge in [-0.25, -0.2) is 9.59 Å². The van der Waals surface area contributed by atoms with Gasteiger partial charge in [0.15, 0.2) is 0 Å². The molecule has 4 nitrogen and oxygen atoms in total. The highest BCUT2D eigenvalue weighted by Crippen LogP contribution is 2.27. The first-order valence-electron chi connectivity index (χ1n) is 6.13. The number of carboxylic acid groups (broad SMARTS) is 2. The third-order valence-electron chi connectivity index (χ3n) is 2.93. The van der Waals surface area contributed by atoms with Gasteiger partial charge < -0.3 is 10.2 Å². The van der Waals surface area contributed by atoms with Crippen LogP contribution in [0, 0.1) is 0 Å². The molecule has 2 aromatic rings. The molecule has 2 rings (SSSR count). The Bertz CT molecular complexity index is 781. The van der Waals surface area contributed by atoms with E-state index in [2.05, 4.69) is 0 Å². The van der Waals surface area contributed by atoms with E-state index >= 15 is 0 Å². The van der Waals surface area contributed by atoms with Gasteiger partial charge in [0.25, 0.3) is 0 Å². The Morgan fingerprint density at radius 3 is 2.09 bits per heavy atom. The van der Waals surface area contributed by atoms with Crippen molar-refractivity contribution in [2.75, 3.05) is 0 Å². The molecule has 0 atom stereocenters. The van der Waals surface area contributed by atoms with Crippen molar-refractivity contribution in [3.05, 3.63) is 69.2 Å². The molecule has 0 aromatic heterocycles.